The fourth-order valence-corrected chi connectivity index (χ4v) is 3.50. The molecule has 1 aliphatic carbocycles. The normalized spacial score (nSPS) is 14.6. The van der Waals surface area contributed by atoms with E-state index in [9.17, 15) is 9.59 Å². The predicted octanol–water partition coefficient (Wildman–Crippen LogP) is 3.03. The number of nitrogens with zero attached hydrogens (tertiary/aromatic N) is 3. The zero-order valence-electron chi connectivity index (χ0n) is 17.8. The number of nitrogen functional groups attached to an aromatic ring is 1. The number of nitrogens with one attached hydrogen (secondary N) is 1. The summed E-state index contributed by atoms with van der Waals surface area (Å²) >= 11 is 0. The zero-order valence-corrected chi connectivity index (χ0v) is 17.8. The van der Waals surface area contributed by atoms with Crippen LogP contribution < -0.4 is 16.8 Å². The van der Waals surface area contributed by atoms with Gasteiger partial charge in [0.2, 0.25) is 11.8 Å². The van der Waals surface area contributed by atoms with Gasteiger partial charge in [-0.2, -0.15) is 5.10 Å². The highest BCUT2D eigenvalue weighted by molar-refractivity contribution is 6.03. The number of rotatable bonds is 7. The number of aromatic nitrogens is 3. The molecule has 4 rings (SSSR count). The van der Waals surface area contributed by atoms with Crippen molar-refractivity contribution in [3.63, 3.8) is 0 Å². The third-order valence-electron chi connectivity index (χ3n) is 5.67. The number of nitrogens with two attached hydrogens (primary N) is 2. The van der Waals surface area contributed by atoms with Crippen molar-refractivity contribution in [2.75, 3.05) is 11.1 Å². The van der Waals surface area contributed by atoms with Gasteiger partial charge in [0.05, 0.1) is 12.1 Å². The molecular formula is C22H26N6O3. The van der Waals surface area contributed by atoms with Crippen LogP contribution in [0.3, 0.4) is 0 Å². The number of carbonyl (C=O) groups excluding carboxylic acids is 2. The molecule has 5 N–H and O–H groups in total. The van der Waals surface area contributed by atoms with Gasteiger partial charge in [0.1, 0.15) is 17.1 Å². The lowest BCUT2D eigenvalue weighted by Crippen LogP contribution is -2.15. The summed E-state index contributed by atoms with van der Waals surface area (Å²) in [6, 6.07) is 8.97. The quantitative estimate of drug-likeness (QED) is 0.534. The molecule has 2 heterocycles. The standard InChI is InChI=1S/C22H26N6O3/c1-12(2)28-20(23)18(21(24)30)19(26-28)14-6-4-13(5-7-14)10-16(29)25-17-11-15(27-31-17)22(3)8-9-22/h4-7,11-12H,8-10,23H2,1-3H3,(H2,24,30)(H,25,29). The molecule has 1 aliphatic rings. The Morgan fingerprint density at radius 3 is 2.52 bits per heavy atom. The topological polar surface area (TPSA) is 142 Å². The number of primary amides is 1. The molecule has 31 heavy (non-hydrogen) atoms. The molecule has 162 valence electrons. The van der Waals surface area contributed by atoms with E-state index in [1.54, 1.807) is 35.0 Å². The highest BCUT2D eigenvalue weighted by atomic mass is 16.5. The first kappa shape index (κ1) is 20.6. The lowest BCUT2D eigenvalue weighted by molar-refractivity contribution is -0.115. The summed E-state index contributed by atoms with van der Waals surface area (Å²) in [6.07, 6.45) is 2.33. The summed E-state index contributed by atoms with van der Waals surface area (Å²) in [5.74, 6) is -0.241. The average molecular weight is 422 g/mol. The molecule has 0 bridgehead atoms. The van der Waals surface area contributed by atoms with Gasteiger partial charge in [0, 0.05) is 23.1 Å². The minimum absolute atomic E-state index is 0.0195. The third-order valence-corrected chi connectivity index (χ3v) is 5.67. The molecule has 9 nitrogen and oxygen atoms in total. The molecule has 9 heteroatoms. The van der Waals surface area contributed by atoms with E-state index >= 15 is 0 Å². The molecule has 0 aliphatic heterocycles. The summed E-state index contributed by atoms with van der Waals surface area (Å²) in [6.45, 7) is 5.96. The molecular weight excluding hydrogens is 396 g/mol. The molecule has 0 atom stereocenters. The van der Waals surface area contributed by atoms with Crippen LogP contribution in [0.5, 0.6) is 0 Å². The first-order valence-corrected chi connectivity index (χ1v) is 10.2. The van der Waals surface area contributed by atoms with Gasteiger partial charge in [0.25, 0.3) is 5.91 Å². The maximum absolute atomic E-state index is 12.4. The Labute approximate surface area is 179 Å². The van der Waals surface area contributed by atoms with Gasteiger partial charge in [-0.3, -0.25) is 14.9 Å². The van der Waals surface area contributed by atoms with E-state index in [1.165, 1.54) is 0 Å². The molecule has 0 spiro atoms. The van der Waals surface area contributed by atoms with E-state index in [0.717, 1.165) is 24.1 Å². The number of hydrogen-bond acceptors (Lipinski definition) is 6. The molecule has 0 unspecified atom stereocenters. The van der Waals surface area contributed by atoms with Crippen LogP contribution in [0.15, 0.2) is 34.9 Å². The van der Waals surface area contributed by atoms with Crippen molar-refractivity contribution in [3.05, 3.63) is 47.2 Å². The molecule has 0 radical (unpaired) electrons. The Balaban J connectivity index is 1.47. The second-order valence-corrected chi connectivity index (χ2v) is 8.57. The summed E-state index contributed by atoms with van der Waals surface area (Å²) in [7, 11) is 0. The SMILES string of the molecule is CC(C)n1nc(-c2ccc(CC(=O)Nc3cc(C4(C)CC4)no3)cc2)c(C(N)=O)c1N. The van der Waals surface area contributed by atoms with Crippen LogP contribution in [0.25, 0.3) is 11.3 Å². The monoisotopic (exact) mass is 422 g/mol. The largest absolute Gasteiger partial charge is 0.383 e. The second kappa shape index (κ2) is 7.57. The number of hydrogen-bond donors (Lipinski definition) is 3. The zero-order chi connectivity index (χ0) is 22.3. The van der Waals surface area contributed by atoms with Crippen molar-refractivity contribution in [2.24, 2.45) is 5.73 Å². The molecule has 2 aromatic heterocycles. The van der Waals surface area contributed by atoms with Crippen molar-refractivity contribution in [1.29, 1.82) is 0 Å². The third kappa shape index (κ3) is 4.03. The van der Waals surface area contributed by atoms with Crippen LogP contribution in [0.1, 0.15) is 61.3 Å². The first-order chi connectivity index (χ1) is 14.7. The maximum atomic E-state index is 12.4. The first-order valence-electron chi connectivity index (χ1n) is 10.2. The summed E-state index contributed by atoms with van der Waals surface area (Å²) in [4.78, 5) is 24.3. The van der Waals surface area contributed by atoms with Crippen LogP contribution in [0.4, 0.5) is 11.7 Å². The van der Waals surface area contributed by atoms with Gasteiger partial charge in [0.15, 0.2) is 0 Å². The van der Waals surface area contributed by atoms with Crippen molar-refractivity contribution >= 4 is 23.5 Å². The molecule has 3 aromatic rings. The highest BCUT2D eigenvalue weighted by Crippen LogP contribution is 2.47. The van der Waals surface area contributed by atoms with Crippen LogP contribution in [-0.4, -0.2) is 26.8 Å². The van der Waals surface area contributed by atoms with Crippen molar-refractivity contribution in [3.8, 4) is 11.3 Å². The fourth-order valence-electron chi connectivity index (χ4n) is 3.50. The van der Waals surface area contributed by atoms with E-state index in [-0.39, 0.29) is 35.2 Å². The van der Waals surface area contributed by atoms with Gasteiger partial charge in [-0.25, -0.2) is 4.68 Å². The van der Waals surface area contributed by atoms with Crippen LogP contribution in [0.2, 0.25) is 0 Å². The van der Waals surface area contributed by atoms with Crippen molar-refractivity contribution in [2.45, 2.75) is 51.5 Å². The van der Waals surface area contributed by atoms with Crippen molar-refractivity contribution < 1.29 is 14.1 Å². The van der Waals surface area contributed by atoms with E-state index in [4.69, 9.17) is 16.0 Å². The minimum Gasteiger partial charge on any atom is -0.383 e. The van der Waals surface area contributed by atoms with Gasteiger partial charge in [-0.05, 0) is 32.3 Å². The summed E-state index contributed by atoms with van der Waals surface area (Å²) < 4.78 is 6.81. The summed E-state index contributed by atoms with van der Waals surface area (Å²) in [5, 5.41) is 11.3. The Hall–Kier alpha value is -3.62. The number of carbonyl (C=O) groups is 2. The van der Waals surface area contributed by atoms with Gasteiger partial charge in [-0.1, -0.05) is 36.3 Å². The minimum atomic E-state index is -0.630. The van der Waals surface area contributed by atoms with Gasteiger partial charge < -0.3 is 16.0 Å². The Morgan fingerprint density at radius 1 is 1.26 bits per heavy atom. The van der Waals surface area contributed by atoms with Gasteiger partial charge in [-0.15, -0.1) is 0 Å². The fraction of sp³-hybridized carbons (Fsp3) is 0.364. The second-order valence-electron chi connectivity index (χ2n) is 8.57. The number of amides is 2. The average Bonchev–Trinajstić information content (AvgIpc) is 3.12. The van der Waals surface area contributed by atoms with Gasteiger partial charge >= 0.3 is 0 Å². The molecule has 1 aromatic carbocycles. The van der Waals surface area contributed by atoms with Crippen molar-refractivity contribution in [1.82, 2.24) is 14.9 Å². The number of benzene rings is 1. The van der Waals surface area contributed by atoms with E-state index in [0.29, 0.717) is 17.1 Å². The number of anilines is 2. The molecule has 1 fully saturated rings. The lowest BCUT2D eigenvalue weighted by Gasteiger charge is -2.07. The Morgan fingerprint density at radius 2 is 1.94 bits per heavy atom. The van der Waals surface area contributed by atoms with E-state index in [1.807, 2.05) is 13.8 Å². The van der Waals surface area contributed by atoms with Crippen LogP contribution in [0, 0.1) is 0 Å². The van der Waals surface area contributed by atoms with Crippen LogP contribution >= 0.6 is 0 Å². The van der Waals surface area contributed by atoms with E-state index < -0.39 is 5.91 Å². The van der Waals surface area contributed by atoms with E-state index in [2.05, 4.69) is 22.5 Å². The highest BCUT2D eigenvalue weighted by Gasteiger charge is 2.42. The Bertz CT molecular complexity index is 1140. The Kier molecular flexibility index (Phi) is 5.04. The maximum Gasteiger partial charge on any atom is 0.254 e. The smallest absolute Gasteiger partial charge is 0.254 e. The molecule has 1 saturated carbocycles. The summed E-state index contributed by atoms with van der Waals surface area (Å²) in [5.41, 5.74) is 14.7. The van der Waals surface area contributed by atoms with Crippen LogP contribution in [-0.2, 0) is 16.6 Å². The molecule has 0 saturated heterocycles. The molecule has 2 amide bonds. The lowest BCUT2D eigenvalue weighted by atomic mass is 10.0. The predicted molar refractivity (Wildman–Crippen MR) is 116 cm³/mol.